The zero-order valence-electron chi connectivity index (χ0n) is 5.90. The molecule has 4 nitrogen and oxygen atoms in total. The molecule has 60 valence electrons. The molecule has 0 aromatic rings. The average Bonchev–Trinajstić information content (AvgIpc) is 1.93. The van der Waals surface area contributed by atoms with Crippen molar-refractivity contribution in [2.24, 2.45) is 5.73 Å². The summed E-state index contributed by atoms with van der Waals surface area (Å²) in [6.45, 7) is 1.95. The highest BCUT2D eigenvalue weighted by Gasteiger charge is 2.33. The van der Waals surface area contributed by atoms with Crippen LogP contribution in [0.15, 0.2) is 0 Å². The summed E-state index contributed by atoms with van der Waals surface area (Å²) in [6.07, 6.45) is -1.74. The van der Waals surface area contributed by atoms with Crippen LogP contribution in [-0.4, -0.2) is 41.2 Å². The van der Waals surface area contributed by atoms with Crippen molar-refractivity contribution in [2.75, 3.05) is 6.61 Å². The standard InChI is InChI=1S/C6H13NO3/c1-3-6(9)5(7)4(8)2-10-3/h3-6,8-9H,2,7H2,1H3/t3-,4+,5-,6-/m1/s1. The summed E-state index contributed by atoms with van der Waals surface area (Å²) in [5.41, 5.74) is 5.43. The van der Waals surface area contributed by atoms with E-state index in [9.17, 15) is 5.11 Å². The number of aliphatic hydroxyl groups is 2. The molecule has 0 bridgehead atoms. The normalized spacial score (nSPS) is 49.2. The van der Waals surface area contributed by atoms with Crippen molar-refractivity contribution >= 4 is 0 Å². The van der Waals surface area contributed by atoms with Gasteiger partial charge in [0.15, 0.2) is 0 Å². The summed E-state index contributed by atoms with van der Waals surface area (Å²) >= 11 is 0. The van der Waals surface area contributed by atoms with E-state index in [0.717, 1.165) is 0 Å². The largest absolute Gasteiger partial charge is 0.389 e. The van der Waals surface area contributed by atoms with Gasteiger partial charge in [-0.3, -0.25) is 0 Å². The zero-order valence-corrected chi connectivity index (χ0v) is 5.90. The van der Waals surface area contributed by atoms with Gasteiger partial charge in [-0.1, -0.05) is 0 Å². The first-order valence-electron chi connectivity index (χ1n) is 3.36. The number of aliphatic hydroxyl groups excluding tert-OH is 2. The minimum absolute atomic E-state index is 0.222. The first-order valence-corrected chi connectivity index (χ1v) is 3.36. The predicted octanol–water partition coefficient (Wildman–Crippen LogP) is -1.55. The number of rotatable bonds is 0. The molecule has 4 atom stereocenters. The number of nitrogens with two attached hydrogens (primary N) is 1. The van der Waals surface area contributed by atoms with E-state index in [0.29, 0.717) is 0 Å². The van der Waals surface area contributed by atoms with Crippen molar-refractivity contribution in [3.8, 4) is 0 Å². The Labute approximate surface area is 59.6 Å². The van der Waals surface area contributed by atoms with Gasteiger partial charge >= 0.3 is 0 Å². The van der Waals surface area contributed by atoms with E-state index in [-0.39, 0.29) is 12.7 Å². The van der Waals surface area contributed by atoms with E-state index >= 15 is 0 Å². The molecule has 0 amide bonds. The van der Waals surface area contributed by atoms with Crippen LogP contribution in [0.1, 0.15) is 6.92 Å². The van der Waals surface area contributed by atoms with Crippen LogP contribution in [0.3, 0.4) is 0 Å². The third-order valence-electron chi connectivity index (χ3n) is 1.85. The van der Waals surface area contributed by atoms with Crippen LogP contribution < -0.4 is 5.73 Å². The molecule has 1 heterocycles. The Morgan fingerprint density at radius 2 is 2.10 bits per heavy atom. The van der Waals surface area contributed by atoms with Crippen molar-refractivity contribution in [3.63, 3.8) is 0 Å². The molecule has 0 saturated carbocycles. The molecule has 0 radical (unpaired) electrons. The van der Waals surface area contributed by atoms with Crippen LogP contribution >= 0.6 is 0 Å². The Balaban J connectivity index is 2.52. The molecule has 1 aliphatic rings. The summed E-state index contributed by atoms with van der Waals surface area (Å²) in [5, 5.41) is 18.3. The molecule has 0 aromatic heterocycles. The molecule has 1 rings (SSSR count). The highest BCUT2D eigenvalue weighted by Crippen LogP contribution is 2.12. The lowest BCUT2D eigenvalue weighted by molar-refractivity contribution is -0.127. The topological polar surface area (TPSA) is 75.7 Å². The van der Waals surface area contributed by atoms with Crippen LogP contribution in [-0.2, 0) is 4.74 Å². The van der Waals surface area contributed by atoms with E-state index in [1.54, 1.807) is 6.92 Å². The molecule has 0 aliphatic carbocycles. The van der Waals surface area contributed by atoms with Crippen molar-refractivity contribution in [1.82, 2.24) is 0 Å². The van der Waals surface area contributed by atoms with Crippen molar-refractivity contribution in [1.29, 1.82) is 0 Å². The lowest BCUT2D eigenvalue weighted by Gasteiger charge is -2.34. The second-order valence-corrected chi connectivity index (χ2v) is 2.67. The maximum Gasteiger partial charge on any atom is 0.0975 e. The molecule has 1 saturated heterocycles. The van der Waals surface area contributed by atoms with E-state index in [1.807, 2.05) is 0 Å². The van der Waals surface area contributed by atoms with Crippen LogP contribution in [0.4, 0.5) is 0 Å². The van der Waals surface area contributed by atoms with Gasteiger partial charge in [0.2, 0.25) is 0 Å². The molecular weight excluding hydrogens is 134 g/mol. The summed E-state index contributed by atoms with van der Waals surface area (Å²) in [6, 6.07) is -0.566. The Bertz CT molecular complexity index is 106. The maximum atomic E-state index is 9.21. The fraction of sp³-hybridized carbons (Fsp3) is 1.00. The van der Waals surface area contributed by atoms with Gasteiger partial charge in [0, 0.05) is 0 Å². The molecule has 0 spiro atoms. The monoisotopic (exact) mass is 147 g/mol. The van der Waals surface area contributed by atoms with Crippen LogP contribution in [0, 0.1) is 0 Å². The Morgan fingerprint density at radius 1 is 1.50 bits per heavy atom. The lowest BCUT2D eigenvalue weighted by Crippen LogP contribution is -2.56. The SMILES string of the molecule is C[C@H]1OC[C@H](O)[C@@H](N)[C@@H]1O. The Hall–Kier alpha value is -0.160. The van der Waals surface area contributed by atoms with Crippen LogP contribution in [0.25, 0.3) is 0 Å². The van der Waals surface area contributed by atoms with Gasteiger partial charge in [-0.2, -0.15) is 0 Å². The fourth-order valence-corrected chi connectivity index (χ4v) is 1.00. The molecule has 10 heavy (non-hydrogen) atoms. The summed E-state index contributed by atoms with van der Waals surface area (Å²) in [5.74, 6) is 0. The second-order valence-electron chi connectivity index (χ2n) is 2.67. The second kappa shape index (κ2) is 2.84. The maximum absolute atomic E-state index is 9.21. The first-order chi connectivity index (χ1) is 4.63. The molecule has 4 N–H and O–H groups in total. The van der Waals surface area contributed by atoms with Crippen molar-refractivity contribution < 1.29 is 14.9 Å². The first kappa shape index (κ1) is 7.94. The van der Waals surface area contributed by atoms with Gasteiger partial charge in [-0.25, -0.2) is 0 Å². The van der Waals surface area contributed by atoms with E-state index < -0.39 is 18.2 Å². The summed E-state index contributed by atoms with van der Waals surface area (Å²) < 4.78 is 4.99. The Morgan fingerprint density at radius 3 is 2.60 bits per heavy atom. The third-order valence-corrected chi connectivity index (χ3v) is 1.85. The molecule has 0 unspecified atom stereocenters. The minimum Gasteiger partial charge on any atom is -0.389 e. The number of hydrogen-bond donors (Lipinski definition) is 3. The molecular formula is C6H13NO3. The van der Waals surface area contributed by atoms with Gasteiger partial charge in [0.1, 0.15) is 0 Å². The molecule has 0 aromatic carbocycles. The van der Waals surface area contributed by atoms with Crippen LogP contribution in [0.2, 0.25) is 0 Å². The third kappa shape index (κ3) is 1.29. The smallest absolute Gasteiger partial charge is 0.0975 e. The number of hydrogen-bond acceptors (Lipinski definition) is 4. The van der Waals surface area contributed by atoms with Gasteiger partial charge < -0.3 is 20.7 Å². The van der Waals surface area contributed by atoms with Crippen molar-refractivity contribution in [3.05, 3.63) is 0 Å². The Kier molecular flexibility index (Phi) is 2.25. The molecule has 1 aliphatic heterocycles. The predicted molar refractivity (Wildman–Crippen MR) is 35.4 cm³/mol. The van der Waals surface area contributed by atoms with Crippen LogP contribution in [0.5, 0.6) is 0 Å². The molecule has 4 heteroatoms. The van der Waals surface area contributed by atoms with Gasteiger partial charge in [-0.05, 0) is 6.92 Å². The van der Waals surface area contributed by atoms with Gasteiger partial charge in [0.05, 0.1) is 31.0 Å². The van der Waals surface area contributed by atoms with E-state index in [2.05, 4.69) is 0 Å². The number of ether oxygens (including phenoxy) is 1. The quantitative estimate of drug-likeness (QED) is 0.388. The highest BCUT2D eigenvalue weighted by molar-refractivity contribution is 4.87. The summed E-state index contributed by atoms with van der Waals surface area (Å²) in [4.78, 5) is 0. The fourth-order valence-electron chi connectivity index (χ4n) is 1.00. The van der Waals surface area contributed by atoms with E-state index in [4.69, 9.17) is 15.6 Å². The van der Waals surface area contributed by atoms with E-state index in [1.165, 1.54) is 0 Å². The minimum atomic E-state index is -0.747. The highest BCUT2D eigenvalue weighted by atomic mass is 16.5. The van der Waals surface area contributed by atoms with Gasteiger partial charge in [-0.15, -0.1) is 0 Å². The van der Waals surface area contributed by atoms with Crippen molar-refractivity contribution in [2.45, 2.75) is 31.3 Å². The summed E-state index contributed by atoms with van der Waals surface area (Å²) in [7, 11) is 0. The van der Waals surface area contributed by atoms with Gasteiger partial charge in [0.25, 0.3) is 0 Å². The zero-order chi connectivity index (χ0) is 7.72. The lowest BCUT2D eigenvalue weighted by atomic mass is 9.99. The average molecular weight is 147 g/mol. The molecule has 1 fully saturated rings.